The Bertz CT molecular complexity index is 1220. The molecule has 1 aliphatic rings. The van der Waals surface area contributed by atoms with E-state index in [1.165, 1.54) is 12.1 Å². The van der Waals surface area contributed by atoms with Crippen molar-refractivity contribution in [1.82, 2.24) is 19.5 Å². The molecule has 4 heterocycles. The van der Waals surface area contributed by atoms with Crippen molar-refractivity contribution in [3.8, 4) is 11.4 Å². The second kappa shape index (κ2) is 10.7. The van der Waals surface area contributed by atoms with E-state index in [2.05, 4.69) is 42.0 Å². The Morgan fingerprint density at radius 2 is 1.91 bits per heavy atom. The number of nitrogens with one attached hydrogen (secondary N) is 2. The molecule has 1 atom stereocenters. The summed E-state index contributed by atoms with van der Waals surface area (Å²) >= 11 is 0. The second-order valence-corrected chi connectivity index (χ2v) is 7.75. The molecule has 4 N–H and O–H groups in total. The number of aromatic nitrogens is 4. The van der Waals surface area contributed by atoms with E-state index in [0.29, 0.717) is 6.54 Å². The minimum atomic E-state index is -0.255. The largest absolute Gasteiger partial charge is 0.397 e. The summed E-state index contributed by atoms with van der Waals surface area (Å²) in [5.41, 5.74) is 10.2. The zero-order valence-corrected chi connectivity index (χ0v) is 19.3. The Morgan fingerprint density at radius 1 is 1.09 bits per heavy atom. The monoisotopic (exact) mass is 460 g/mol. The summed E-state index contributed by atoms with van der Waals surface area (Å²) in [6.07, 6.45) is 10.8. The highest BCUT2D eigenvalue weighted by Crippen LogP contribution is 2.34. The van der Waals surface area contributed by atoms with Crippen molar-refractivity contribution >= 4 is 22.7 Å². The van der Waals surface area contributed by atoms with Gasteiger partial charge in [0.1, 0.15) is 17.8 Å². The van der Waals surface area contributed by atoms with E-state index in [-0.39, 0.29) is 12.0 Å². The van der Waals surface area contributed by atoms with Crippen LogP contribution in [0.1, 0.15) is 13.8 Å². The van der Waals surface area contributed by atoms with Crippen LogP contribution in [-0.4, -0.2) is 38.8 Å². The van der Waals surface area contributed by atoms with Crippen molar-refractivity contribution in [3.63, 3.8) is 0 Å². The Balaban J connectivity index is 0.000000231. The first-order chi connectivity index (χ1) is 16.6. The van der Waals surface area contributed by atoms with E-state index in [4.69, 9.17) is 5.73 Å². The number of pyridine rings is 2. The van der Waals surface area contributed by atoms with Gasteiger partial charge in [0.25, 0.3) is 0 Å². The van der Waals surface area contributed by atoms with Gasteiger partial charge in [-0.25, -0.2) is 9.37 Å². The van der Waals surface area contributed by atoms with Crippen molar-refractivity contribution < 1.29 is 4.39 Å². The fourth-order valence-corrected chi connectivity index (χ4v) is 3.98. The van der Waals surface area contributed by atoms with Gasteiger partial charge in [0.2, 0.25) is 0 Å². The number of likely N-dealkylation sites (N-methyl/N-ethyl adjacent to an activating group) is 1. The molecular formula is C25H29FN8. The first-order valence-electron chi connectivity index (χ1n) is 11.3. The molecule has 8 nitrogen and oxygen atoms in total. The number of anilines is 4. The molecule has 0 bridgehead atoms. The summed E-state index contributed by atoms with van der Waals surface area (Å²) in [7, 11) is 0. The van der Waals surface area contributed by atoms with Crippen LogP contribution < -0.4 is 21.3 Å². The fourth-order valence-electron chi connectivity index (χ4n) is 3.98. The van der Waals surface area contributed by atoms with E-state index in [1.807, 2.05) is 31.5 Å². The van der Waals surface area contributed by atoms with E-state index in [9.17, 15) is 4.39 Å². The molecule has 0 fully saturated rings. The van der Waals surface area contributed by atoms with E-state index in [1.54, 1.807) is 36.9 Å². The molecule has 3 aromatic heterocycles. The first kappa shape index (κ1) is 23.0. The molecule has 1 unspecified atom stereocenters. The maximum atomic E-state index is 13.5. The van der Waals surface area contributed by atoms with Crippen molar-refractivity contribution in [2.24, 2.45) is 0 Å². The highest BCUT2D eigenvalue weighted by Gasteiger charge is 2.28. The number of nitrogens with two attached hydrogens (primary N) is 1. The van der Waals surface area contributed by atoms with Crippen LogP contribution >= 0.6 is 0 Å². The average Bonchev–Trinajstić information content (AvgIpc) is 3.45. The second-order valence-electron chi connectivity index (χ2n) is 7.75. The van der Waals surface area contributed by atoms with Crippen molar-refractivity contribution in [3.05, 3.63) is 79.4 Å². The molecule has 0 amide bonds. The molecule has 0 saturated heterocycles. The van der Waals surface area contributed by atoms with Crippen LogP contribution in [0.3, 0.4) is 0 Å². The Hall–Kier alpha value is -4.14. The zero-order chi connectivity index (χ0) is 23.9. The van der Waals surface area contributed by atoms with Gasteiger partial charge >= 0.3 is 0 Å². The molecule has 0 saturated carbocycles. The third-order valence-electron chi connectivity index (χ3n) is 5.54. The summed E-state index contributed by atoms with van der Waals surface area (Å²) in [6, 6.07) is 10.3. The Labute approximate surface area is 198 Å². The van der Waals surface area contributed by atoms with Gasteiger partial charge in [-0.3, -0.25) is 9.97 Å². The molecule has 4 aromatic rings. The quantitative estimate of drug-likeness (QED) is 0.391. The topological polar surface area (TPSA) is 96.9 Å². The average molecular weight is 461 g/mol. The minimum absolute atomic E-state index is 0.107. The fraction of sp³-hybridized carbons (Fsp3) is 0.240. The van der Waals surface area contributed by atoms with Gasteiger partial charge in [0, 0.05) is 43.4 Å². The van der Waals surface area contributed by atoms with E-state index in [0.717, 1.165) is 47.2 Å². The predicted octanol–water partition coefficient (Wildman–Crippen LogP) is 4.46. The third-order valence-corrected chi connectivity index (χ3v) is 5.54. The van der Waals surface area contributed by atoms with Gasteiger partial charge in [-0.2, -0.15) is 0 Å². The van der Waals surface area contributed by atoms with E-state index < -0.39 is 0 Å². The van der Waals surface area contributed by atoms with Crippen LogP contribution in [0.25, 0.3) is 11.4 Å². The summed E-state index contributed by atoms with van der Waals surface area (Å²) in [4.78, 5) is 14.8. The zero-order valence-electron chi connectivity index (χ0n) is 19.3. The van der Waals surface area contributed by atoms with Crippen LogP contribution in [0.15, 0.2) is 73.6 Å². The van der Waals surface area contributed by atoms with Crippen LogP contribution in [0.5, 0.6) is 0 Å². The molecule has 176 valence electrons. The molecule has 0 radical (unpaired) electrons. The lowest BCUT2D eigenvalue weighted by molar-refractivity contribution is 0.574. The number of imidazole rings is 1. The minimum Gasteiger partial charge on any atom is -0.397 e. The first-order valence-corrected chi connectivity index (χ1v) is 11.3. The Kier molecular flexibility index (Phi) is 7.22. The maximum Gasteiger partial charge on any atom is 0.140 e. The van der Waals surface area contributed by atoms with Gasteiger partial charge in [0.05, 0.1) is 41.7 Å². The van der Waals surface area contributed by atoms with Crippen LogP contribution in [-0.2, 0) is 6.54 Å². The molecule has 9 heteroatoms. The maximum absolute atomic E-state index is 13.5. The normalized spacial score (nSPS) is 14.1. The number of nitrogen functional groups attached to an aromatic ring is 1. The van der Waals surface area contributed by atoms with Crippen molar-refractivity contribution in [2.75, 3.05) is 34.4 Å². The molecule has 5 rings (SSSR count). The van der Waals surface area contributed by atoms with Gasteiger partial charge in [-0.1, -0.05) is 12.1 Å². The van der Waals surface area contributed by atoms with Gasteiger partial charge in [-0.05, 0) is 38.1 Å². The highest BCUT2D eigenvalue weighted by atomic mass is 19.1. The lowest BCUT2D eigenvalue weighted by Gasteiger charge is -2.26. The van der Waals surface area contributed by atoms with Crippen molar-refractivity contribution in [1.29, 1.82) is 0 Å². The number of benzene rings is 1. The summed E-state index contributed by atoms with van der Waals surface area (Å²) in [5, 5.41) is 6.59. The molecule has 1 aromatic carbocycles. The van der Waals surface area contributed by atoms with Crippen LogP contribution in [0.2, 0.25) is 0 Å². The number of hydrogen-bond donors (Lipinski definition) is 3. The summed E-state index contributed by atoms with van der Waals surface area (Å²) in [5.74, 6) is 0.510. The molecule has 1 aliphatic heterocycles. The number of halogens is 1. The van der Waals surface area contributed by atoms with Gasteiger partial charge in [0.15, 0.2) is 0 Å². The van der Waals surface area contributed by atoms with E-state index >= 15 is 0 Å². The number of fused-ring (bicyclic) bond motifs is 1. The van der Waals surface area contributed by atoms with Crippen LogP contribution in [0, 0.1) is 5.82 Å². The predicted molar refractivity (Wildman–Crippen MR) is 135 cm³/mol. The molecule has 0 aliphatic carbocycles. The summed E-state index contributed by atoms with van der Waals surface area (Å²) < 4.78 is 15.6. The van der Waals surface area contributed by atoms with Gasteiger partial charge in [-0.15, -0.1) is 0 Å². The standard InChI is InChI=1S/C18H18FN5.C7H11N3/c1-2-24-16-6-7-20-11-15(16)22-17(24)12-23-9-8-21-18(23)13-4-3-5-14(19)10-13;1-2-10-7-5-9-4-3-6(7)8/h3-11,17,22H,2,12H2,1H3;3-5,10H,2H2,1H3,(H2,8,9). The SMILES string of the molecule is CCN1c2ccncc2NC1Cn1ccnc1-c1cccc(F)c1.CCNc1cnccc1N. The van der Waals surface area contributed by atoms with Crippen molar-refractivity contribution in [2.45, 2.75) is 26.6 Å². The number of rotatable bonds is 6. The molecule has 34 heavy (non-hydrogen) atoms. The third kappa shape index (κ3) is 5.09. The summed E-state index contributed by atoms with van der Waals surface area (Å²) in [6.45, 7) is 6.61. The Morgan fingerprint density at radius 3 is 2.68 bits per heavy atom. The molecular weight excluding hydrogens is 431 g/mol. The molecule has 0 spiro atoms. The number of hydrogen-bond acceptors (Lipinski definition) is 7. The number of nitrogens with zero attached hydrogens (tertiary/aromatic N) is 5. The van der Waals surface area contributed by atoms with Crippen LogP contribution in [0.4, 0.5) is 27.1 Å². The smallest absolute Gasteiger partial charge is 0.140 e. The lowest BCUT2D eigenvalue weighted by atomic mass is 10.2. The van der Waals surface area contributed by atoms with Gasteiger partial charge < -0.3 is 25.8 Å². The highest BCUT2D eigenvalue weighted by molar-refractivity contribution is 5.74. The lowest BCUT2D eigenvalue weighted by Crippen LogP contribution is -2.39.